The van der Waals surface area contributed by atoms with Gasteiger partial charge in [0.25, 0.3) is 0 Å². The van der Waals surface area contributed by atoms with E-state index in [9.17, 15) is 0 Å². The molecule has 1 saturated carbocycles. The largest absolute Gasteiger partial charge is 0.304 e. The van der Waals surface area contributed by atoms with Gasteiger partial charge >= 0.3 is 0 Å². The number of piperazine rings is 1. The molecule has 3 heteroatoms. The van der Waals surface area contributed by atoms with Gasteiger partial charge in [-0.1, -0.05) is 13.8 Å². The van der Waals surface area contributed by atoms with Crippen molar-refractivity contribution in [2.24, 2.45) is 11.8 Å². The van der Waals surface area contributed by atoms with Gasteiger partial charge in [0.15, 0.2) is 0 Å². The first-order valence-electron chi connectivity index (χ1n) is 6.35. The number of likely N-dealkylation sites (N-methyl/N-ethyl adjacent to an activating group) is 1. The zero-order chi connectivity index (χ0) is 10.8. The molecule has 0 amide bonds. The zero-order valence-corrected chi connectivity index (χ0v) is 10.4. The Labute approximate surface area is 93.8 Å². The van der Waals surface area contributed by atoms with Crippen LogP contribution in [-0.2, 0) is 0 Å². The van der Waals surface area contributed by atoms with Gasteiger partial charge in [-0.2, -0.15) is 0 Å². The van der Waals surface area contributed by atoms with E-state index in [1.807, 2.05) is 0 Å². The van der Waals surface area contributed by atoms with Crippen LogP contribution in [0.25, 0.3) is 0 Å². The summed E-state index contributed by atoms with van der Waals surface area (Å²) in [5.74, 6) is 1.84. The molecule has 2 fully saturated rings. The topological polar surface area (TPSA) is 18.5 Å². The van der Waals surface area contributed by atoms with Gasteiger partial charge in [0.05, 0.1) is 0 Å². The van der Waals surface area contributed by atoms with E-state index in [-0.39, 0.29) is 0 Å². The third-order valence-corrected chi connectivity index (χ3v) is 3.99. The first-order chi connectivity index (χ1) is 7.15. The smallest absolute Gasteiger partial charge is 0.0259 e. The Morgan fingerprint density at radius 2 is 1.67 bits per heavy atom. The normalized spacial score (nSPS) is 34.4. The molecular formula is C12H25N3. The first-order valence-corrected chi connectivity index (χ1v) is 6.35. The average Bonchev–Trinajstić information content (AvgIpc) is 2.13. The Kier molecular flexibility index (Phi) is 3.65. The van der Waals surface area contributed by atoms with Crippen LogP contribution in [0.3, 0.4) is 0 Å². The summed E-state index contributed by atoms with van der Waals surface area (Å²) in [6, 6.07) is 0.765. The van der Waals surface area contributed by atoms with Crippen molar-refractivity contribution in [3.63, 3.8) is 0 Å². The summed E-state index contributed by atoms with van der Waals surface area (Å²) in [5, 5.41) is 2.42. The maximum absolute atomic E-state index is 3.67. The number of nitrogens with zero attached hydrogens (tertiary/aromatic N) is 2. The highest BCUT2D eigenvalue weighted by atomic mass is 15.5. The van der Waals surface area contributed by atoms with Crippen LogP contribution in [0.1, 0.15) is 26.7 Å². The molecule has 0 unspecified atom stereocenters. The van der Waals surface area contributed by atoms with Crippen LogP contribution in [0, 0.1) is 11.8 Å². The van der Waals surface area contributed by atoms with E-state index in [1.54, 1.807) is 0 Å². The maximum Gasteiger partial charge on any atom is 0.0259 e. The second-order valence-corrected chi connectivity index (χ2v) is 5.59. The number of nitrogens with one attached hydrogen (secondary N) is 1. The summed E-state index contributed by atoms with van der Waals surface area (Å²) in [6.45, 7) is 9.45. The molecule has 1 aliphatic carbocycles. The van der Waals surface area contributed by atoms with Crippen molar-refractivity contribution >= 4 is 0 Å². The van der Waals surface area contributed by atoms with Crippen LogP contribution in [0.5, 0.6) is 0 Å². The van der Waals surface area contributed by atoms with E-state index >= 15 is 0 Å². The van der Waals surface area contributed by atoms with Crippen molar-refractivity contribution in [2.75, 3.05) is 33.2 Å². The Balaban J connectivity index is 1.63. The quantitative estimate of drug-likeness (QED) is 0.756. The molecule has 1 heterocycles. The minimum absolute atomic E-state index is 0.765. The molecule has 0 radical (unpaired) electrons. The van der Waals surface area contributed by atoms with E-state index in [4.69, 9.17) is 0 Å². The minimum Gasteiger partial charge on any atom is -0.304 e. The van der Waals surface area contributed by atoms with Crippen LogP contribution in [-0.4, -0.2) is 49.2 Å². The second-order valence-electron chi connectivity index (χ2n) is 5.59. The summed E-state index contributed by atoms with van der Waals surface area (Å²) in [4.78, 5) is 2.40. The van der Waals surface area contributed by atoms with E-state index in [0.717, 1.165) is 17.9 Å². The SMILES string of the molecule is CC(C)C1CC(NN2CCN(C)CC2)C1. The van der Waals surface area contributed by atoms with E-state index < -0.39 is 0 Å². The fraction of sp³-hybridized carbons (Fsp3) is 1.00. The molecule has 1 aliphatic heterocycles. The third kappa shape index (κ3) is 2.92. The third-order valence-electron chi connectivity index (χ3n) is 3.99. The fourth-order valence-electron chi connectivity index (χ4n) is 2.51. The molecule has 0 aromatic rings. The van der Waals surface area contributed by atoms with Crippen molar-refractivity contribution in [1.29, 1.82) is 0 Å². The molecule has 0 aromatic carbocycles. The van der Waals surface area contributed by atoms with Crippen LogP contribution < -0.4 is 5.43 Å². The molecular weight excluding hydrogens is 186 g/mol. The standard InChI is InChI=1S/C12H25N3/c1-10(2)11-8-12(9-11)13-15-6-4-14(3)5-7-15/h10-13H,4-9H2,1-3H3. The monoisotopic (exact) mass is 211 g/mol. The second kappa shape index (κ2) is 4.81. The molecule has 0 aromatic heterocycles. The summed E-state index contributed by atoms with van der Waals surface area (Å²) in [6.07, 6.45) is 2.76. The van der Waals surface area contributed by atoms with Crippen LogP contribution in [0.15, 0.2) is 0 Å². The zero-order valence-electron chi connectivity index (χ0n) is 10.4. The molecule has 15 heavy (non-hydrogen) atoms. The van der Waals surface area contributed by atoms with Crippen molar-refractivity contribution in [3.05, 3.63) is 0 Å². The van der Waals surface area contributed by atoms with Gasteiger partial charge < -0.3 is 4.90 Å². The predicted octanol–water partition coefficient (Wildman–Crippen LogP) is 1.17. The summed E-state index contributed by atoms with van der Waals surface area (Å²) in [5.41, 5.74) is 3.67. The van der Waals surface area contributed by atoms with Crippen molar-refractivity contribution < 1.29 is 0 Å². The van der Waals surface area contributed by atoms with Gasteiger partial charge in [0.1, 0.15) is 0 Å². The van der Waals surface area contributed by atoms with Crippen molar-refractivity contribution in [3.8, 4) is 0 Å². The lowest BCUT2D eigenvalue weighted by Gasteiger charge is -2.43. The number of hydrazine groups is 1. The predicted molar refractivity (Wildman–Crippen MR) is 63.6 cm³/mol. The van der Waals surface area contributed by atoms with Gasteiger partial charge in [-0.3, -0.25) is 5.43 Å². The van der Waals surface area contributed by atoms with Crippen molar-refractivity contribution in [2.45, 2.75) is 32.7 Å². The molecule has 1 N–H and O–H groups in total. The first kappa shape index (κ1) is 11.4. The highest BCUT2D eigenvalue weighted by Crippen LogP contribution is 2.33. The Morgan fingerprint density at radius 3 is 2.20 bits per heavy atom. The molecule has 88 valence electrons. The lowest BCUT2D eigenvalue weighted by molar-refractivity contribution is 0.0409. The molecule has 3 nitrogen and oxygen atoms in total. The van der Waals surface area contributed by atoms with Crippen molar-refractivity contribution in [1.82, 2.24) is 15.3 Å². The number of rotatable bonds is 3. The Bertz CT molecular complexity index is 191. The number of hydrogen-bond acceptors (Lipinski definition) is 3. The lowest BCUT2D eigenvalue weighted by Crippen LogP contribution is -2.57. The van der Waals surface area contributed by atoms with E-state index in [0.29, 0.717) is 0 Å². The lowest BCUT2D eigenvalue weighted by atomic mass is 9.74. The molecule has 0 bridgehead atoms. The van der Waals surface area contributed by atoms with Gasteiger partial charge in [0, 0.05) is 32.2 Å². The van der Waals surface area contributed by atoms with Gasteiger partial charge in [-0.25, -0.2) is 5.01 Å². The van der Waals surface area contributed by atoms with E-state index in [1.165, 1.54) is 39.0 Å². The van der Waals surface area contributed by atoms with Gasteiger partial charge in [-0.05, 0) is 31.7 Å². The van der Waals surface area contributed by atoms with Crippen LogP contribution in [0.4, 0.5) is 0 Å². The highest BCUT2D eigenvalue weighted by molar-refractivity contribution is 4.86. The molecule has 2 rings (SSSR count). The summed E-state index contributed by atoms with van der Waals surface area (Å²) < 4.78 is 0. The van der Waals surface area contributed by atoms with E-state index in [2.05, 4.69) is 36.2 Å². The molecule has 2 aliphatic rings. The highest BCUT2D eigenvalue weighted by Gasteiger charge is 2.32. The van der Waals surface area contributed by atoms with Gasteiger partial charge in [0.2, 0.25) is 0 Å². The van der Waals surface area contributed by atoms with Gasteiger partial charge in [-0.15, -0.1) is 0 Å². The molecule has 0 spiro atoms. The van der Waals surface area contributed by atoms with Crippen LogP contribution in [0.2, 0.25) is 0 Å². The average molecular weight is 211 g/mol. The summed E-state index contributed by atoms with van der Waals surface area (Å²) in [7, 11) is 2.20. The Morgan fingerprint density at radius 1 is 1.07 bits per heavy atom. The number of hydrogen-bond donors (Lipinski definition) is 1. The fourth-order valence-corrected chi connectivity index (χ4v) is 2.51. The Hall–Kier alpha value is -0.120. The molecule has 0 atom stereocenters. The molecule has 1 saturated heterocycles. The summed E-state index contributed by atoms with van der Waals surface area (Å²) >= 11 is 0. The maximum atomic E-state index is 3.67. The minimum atomic E-state index is 0.765. The van der Waals surface area contributed by atoms with Crippen LogP contribution >= 0.6 is 0 Å².